The van der Waals surface area contributed by atoms with Gasteiger partial charge in [-0.3, -0.25) is 0 Å². The van der Waals surface area contributed by atoms with Crippen LogP contribution in [-0.2, 0) is 43.9 Å². The fourth-order valence-corrected chi connectivity index (χ4v) is 2.70. The Labute approximate surface area is 159 Å². The van der Waals surface area contributed by atoms with E-state index in [0.717, 1.165) is 6.42 Å². The van der Waals surface area contributed by atoms with E-state index in [1.54, 1.807) is 0 Å². The normalized spacial score (nSPS) is 21.3. The second kappa shape index (κ2) is 8.90. The van der Waals surface area contributed by atoms with E-state index >= 15 is 0 Å². The quantitative estimate of drug-likeness (QED) is 0.396. The molecule has 0 amide bonds. The van der Waals surface area contributed by atoms with Crippen molar-refractivity contribution in [3.63, 3.8) is 0 Å². The second-order valence-electron chi connectivity index (χ2n) is 4.81. The summed E-state index contributed by atoms with van der Waals surface area (Å²) < 4.78 is 5.89. The Morgan fingerprint density at radius 3 is 2.22 bits per heavy atom. The topological polar surface area (TPSA) is 9.23 Å². The van der Waals surface area contributed by atoms with Crippen molar-refractivity contribution in [1.82, 2.24) is 0 Å². The summed E-state index contributed by atoms with van der Waals surface area (Å²) in [6.07, 6.45) is 1.67. The molecule has 0 saturated heterocycles. The molecule has 1 heterocycles. The van der Waals surface area contributed by atoms with Gasteiger partial charge in [0.15, 0.2) is 0 Å². The van der Waals surface area contributed by atoms with Gasteiger partial charge in [-0.1, -0.05) is 6.07 Å². The average Bonchev–Trinajstić information content (AvgIpc) is 2.27. The molecule has 18 heavy (non-hydrogen) atoms. The zero-order valence-electron chi connectivity index (χ0n) is 11.7. The van der Waals surface area contributed by atoms with Gasteiger partial charge in [0, 0.05) is 69.9 Å². The van der Waals surface area contributed by atoms with Gasteiger partial charge in [0.2, 0.25) is 0 Å². The monoisotopic (exact) mass is 547 g/mol. The van der Waals surface area contributed by atoms with Crippen LogP contribution >= 0.6 is 37.2 Å². The number of hydrogen-bond acceptors (Lipinski definition) is 1. The zero-order chi connectivity index (χ0) is 13.2. The molecule has 2 unspecified atom stereocenters. The molecule has 1 radical (unpaired) electrons. The number of halogens is 2. The molecular formula is C14H20I2OY. The number of fused-ring (bicyclic) bond motifs is 1. The third-order valence-corrected chi connectivity index (χ3v) is 3.65. The van der Waals surface area contributed by atoms with E-state index in [1.807, 2.05) is 0 Å². The van der Waals surface area contributed by atoms with Gasteiger partial charge in [-0.15, -0.1) is 0 Å². The van der Waals surface area contributed by atoms with E-state index in [4.69, 9.17) is 4.74 Å². The fourth-order valence-electron chi connectivity index (χ4n) is 2.70. The maximum Gasteiger partial charge on any atom is 0.0805 e. The molecule has 99 valence electrons. The molecular weight excluding hydrogens is 527 g/mol. The summed E-state index contributed by atoms with van der Waals surface area (Å²) in [6, 6.07) is 2.34. The molecule has 0 N–H and O–H groups in total. The van der Waals surface area contributed by atoms with Gasteiger partial charge < -0.3 is 4.74 Å². The van der Waals surface area contributed by atoms with Crippen LogP contribution in [0.3, 0.4) is 0 Å². The van der Waals surface area contributed by atoms with Gasteiger partial charge in [-0.2, -0.15) is 0 Å². The predicted octanol–water partition coefficient (Wildman–Crippen LogP) is 5.40. The van der Waals surface area contributed by atoms with Gasteiger partial charge in [-0.25, -0.2) is 0 Å². The zero-order valence-corrected chi connectivity index (χ0v) is 18.8. The number of hydrogen-bond donors (Lipinski definition) is 0. The van der Waals surface area contributed by atoms with Crippen molar-refractivity contribution in [1.29, 1.82) is 0 Å². The van der Waals surface area contributed by atoms with Gasteiger partial charge in [0.05, 0.1) is 12.2 Å². The van der Waals surface area contributed by atoms with Crippen LogP contribution in [0.15, 0.2) is 6.07 Å². The molecule has 1 aromatic carbocycles. The molecule has 2 rings (SSSR count). The molecule has 0 fully saturated rings. The van der Waals surface area contributed by atoms with Crippen molar-refractivity contribution in [2.45, 2.75) is 53.2 Å². The van der Waals surface area contributed by atoms with E-state index in [2.05, 4.69) is 77.9 Å². The Morgan fingerprint density at radius 1 is 1.11 bits per heavy atom. The van der Waals surface area contributed by atoms with Crippen molar-refractivity contribution < 1.29 is 37.4 Å². The minimum atomic E-state index is 0. The van der Waals surface area contributed by atoms with Crippen LogP contribution in [0.25, 0.3) is 0 Å². The van der Waals surface area contributed by atoms with Crippen LogP contribution in [0.5, 0.6) is 0 Å². The molecule has 1 aliphatic rings. The number of benzene rings is 1. The summed E-state index contributed by atoms with van der Waals surface area (Å²) >= 11 is 4.24. The van der Waals surface area contributed by atoms with Crippen LogP contribution in [0, 0.1) is 20.8 Å². The Kier molecular flexibility index (Phi) is 9.77. The molecule has 1 nitrogen and oxygen atoms in total. The maximum atomic E-state index is 5.89. The van der Waals surface area contributed by atoms with Crippen molar-refractivity contribution in [3.05, 3.63) is 33.9 Å². The van der Waals surface area contributed by atoms with Crippen LogP contribution in [0.2, 0.25) is 0 Å². The first-order chi connectivity index (χ1) is 8.00. The average molecular weight is 547 g/mol. The first kappa shape index (κ1) is 19.7. The summed E-state index contributed by atoms with van der Waals surface area (Å²) in [5.41, 5.74) is 7.16. The first-order valence-corrected chi connectivity index (χ1v) is 12.2. The Hall–Kier alpha value is 1.74. The van der Waals surface area contributed by atoms with Crippen molar-refractivity contribution in [2.75, 3.05) is 0 Å². The molecule has 0 spiro atoms. The van der Waals surface area contributed by atoms with Crippen molar-refractivity contribution in [2.24, 2.45) is 0 Å². The minimum Gasteiger partial charge on any atom is -0.371 e. The summed E-state index contributed by atoms with van der Waals surface area (Å²) in [6.45, 7) is 10.9. The third kappa shape index (κ3) is 4.37. The van der Waals surface area contributed by atoms with Crippen LogP contribution < -0.4 is 0 Å². The molecule has 1 aromatic rings. The standard InChI is InChI=1S/C14H20O.I2.Y/c1-8-6-13-7-9(2)15-12(5)14(13)11(4)10(8)3;1-2;/h6,9,12H,7H2,1-5H3;;. The summed E-state index contributed by atoms with van der Waals surface area (Å²) in [4.78, 5) is 0. The second-order valence-corrected chi connectivity index (χ2v) is 4.81. The number of rotatable bonds is 0. The SMILES string of the molecule is Cc1cc2c(c(C)c1C)C(C)OC(C)C2.II.[Y]. The van der Waals surface area contributed by atoms with Crippen LogP contribution in [-0.4, -0.2) is 6.10 Å². The van der Waals surface area contributed by atoms with Crippen molar-refractivity contribution >= 4 is 37.2 Å². The molecule has 0 aliphatic carbocycles. The third-order valence-electron chi connectivity index (χ3n) is 3.65. The van der Waals surface area contributed by atoms with E-state index in [-0.39, 0.29) is 38.8 Å². The van der Waals surface area contributed by atoms with E-state index in [0.29, 0.717) is 6.10 Å². The largest absolute Gasteiger partial charge is 0.371 e. The Morgan fingerprint density at radius 2 is 1.67 bits per heavy atom. The fraction of sp³-hybridized carbons (Fsp3) is 0.571. The van der Waals surface area contributed by atoms with Crippen molar-refractivity contribution in [3.8, 4) is 0 Å². The molecule has 4 heteroatoms. The van der Waals surface area contributed by atoms with Gasteiger partial charge >= 0.3 is 0 Å². The molecule has 0 aromatic heterocycles. The van der Waals surface area contributed by atoms with Crippen LogP contribution in [0.1, 0.15) is 47.8 Å². The minimum absolute atomic E-state index is 0. The van der Waals surface area contributed by atoms with E-state index in [9.17, 15) is 0 Å². The maximum absolute atomic E-state index is 5.89. The predicted molar refractivity (Wildman–Crippen MR) is 91.4 cm³/mol. The summed E-state index contributed by atoms with van der Waals surface area (Å²) in [7, 11) is 0. The number of aryl methyl sites for hydroxylation is 1. The van der Waals surface area contributed by atoms with Gasteiger partial charge in [0.25, 0.3) is 0 Å². The van der Waals surface area contributed by atoms with Crippen LogP contribution in [0.4, 0.5) is 0 Å². The number of ether oxygens (including phenoxy) is 1. The van der Waals surface area contributed by atoms with E-state index < -0.39 is 0 Å². The Balaban J connectivity index is 0.000000917. The van der Waals surface area contributed by atoms with Gasteiger partial charge in [0.1, 0.15) is 0 Å². The molecule has 0 saturated carbocycles. The van der Waals surface area contributed by atoms with E-state index in [1.165, 1.54) is 27.8 Å². The smallest absolute Gasteiger partial charge is 0.0805 e. The summed E-state index contributed by atoms with van der Waals surface area (Å²) in [5, 5.41) is 0. The van der Waals surface area contributed by atoms with Gasteiger partial charge in [-0.05, 0) is 68.9 Å². The Bertz CT molecular complexity index is 407. The first-order valence-electron chi connectivity index (χ1n) is 5.90. The molecule has 1 aliphatic heterocycles. The molecule has 0 bridgehead atoms. The summed E-state index contributed by atoms with van der Waals surface area (Å²) in [5.74, 6) is 0. The molecule has 2 atom stereocenters.